The molecule has 0 saturated heterocycles. The molecule has 2 aromatic rings. The van der Waals surface area contributed by atoms with E-state index in [1.54, 1.807) is 18.2 Å². The number of hydrogen-bond acceptors (Lipinski definition) is 4. The van der Waals surface area contributed by atoms with E-state index in [1.165, 1.54) is 38.3 Å². The van der Waals surface area contributed by atoms with Gasteiger partial charge in [0, 0.05) is 5.56 Å². The Morgan fingerprint density at radius 3 is 2.27 bits per heavy atom. The molecule has 0 fully saturated rings. The van der Waals surface area contributed by atoms with E-state index in [1.807, 2.05) is 0 Å². The third-order valence-corrected chi connectivity index (χ3v) is 3.61. The van der Waals surface area contributed by atoms with Crippen LogP contribution in [0.15, 0.2) is 42.5 Å². The molecule has 0 spiro atoms. The molecular formula is C18H17F3O5. The number of benzene rings is 2. The van der Waals surface area contributed by atoms with Gasteiger partial charge >= 0.3 is 12.3 Å². The van der Waals surface area contributed by atoms with Gasteiger partial charge in [-0.1, -0.05) is 12.1 Å². The second kappa shape index (κ2) is 7.99. The first kappa shape index (κ1) is 19.4. The van der Waals surface area contributed by atoms with Crippen molar-refractivity contribution in [3.05, 3.63) is 53.6 Å². The number of carbonyl (C=O) groups is 1. The van der Waals surface area contributed by atoms with Crippen molar-refractivity contribution in [1.82, 2.24) is 0 Å². The summed E-state index contributed by atoms with van der Waals surface area (Å²) in [4.78, 5) is 11.3. The predicted molar refractivity (Wildman–Crippen MR) is 86.5 cm³/mol. The number of carboxylic acid groups (broad SMARTS) is 1. The second-order valence-electron chi connectivity index (χ2n) is 5.44. The molecule has 0 aromatic heterocycles. The van der Waals surface area contributed by atoms with Gasteiger partial charge in [0.25, 0.3) is 0 Å². The van der Waals surface area contributed by atoms with Crippen molar-refractivity contribution in [3.8, 4) is 17.2 Å². The van der Waals surface area contributed by atoms with Gasteiger partial charge in [0.05, 0.1) is 13.0 Å². The van der Waals surface area contributed by atoms with Crippen LogP contribution in [0.5, 0.6) is 17.2 Å². The van der Waals surface area contributed by atoms with Crippen LogP contribution in [0.1, 0.15) is 24.0 Å². The molecule has 26 heavy (non-hydrogen) atoms. The summed E-state index contributed by atoms with van der Waals surface area (Å²) in [6, 6.07) is 10.0. The van der Waals surface area contributed by atoms with Crippen LogP contribution in [0.4, 0.5) is 13.2 Å². The molecule has 2 aromatic carbocycles. The van der Waals surface area contributed by atoms with Crippen LogP contribution in [0.2, 0.25) is 0 Å². The zero-order valence-corrected chi connectivity index (χ0v) is 14.0. The minimum absolute atomic E-state index is 0.0535. The fourth-order valence-corrected chi connectivity index (χ4v) is 2.20. The van der Waals surface area contributed by atoms with E-state index in [4.69, 9.17) is 9.47 Å². The van der Waals surface area contributed by atoms with Crippen molar-refractivity contribution in [2.45, 2.75) is 25.8 Å². The first-order valence-electron chi connectivity index (χ1n) is 7.58. The fourth-order valence-electron chi connectivity index (χ4n) is 2.20. The topological polar surface area (TPSA) is 65.0 Å². The van der Waals surface area contributed by atoms with Crippen LogP contribution in [0.3, 0.4) is 0 Å². The maximum atomic E-state index is 12.2. The maximum absolute atomic E-state index is 12.2. The Bertz CT molecular complexity index is 756. The number of halogens is 3. The molecule has 1 N–H and O–H groups in total. The number of alkyl halides is 3. The summed E-state index contributed by atoms with van der Waals surface area (Å²) in [5, 5.41) is 9.23. The van der Waals surface area contributed by atoms with Crippen molar-refractivity contribution in [2.24, 2.45) is 0 Å². The molecule has 0 amide bonds. The highest BCUT2D eigenvalue weighted by molar-refractivity contribution is 5.77. The van der Waals surface area contributed by atoms with E-state index >= 15 is 0 Å². The molecule has 0 aliphatic rings. The molecule has 5 nitrogen and oxygen atoms in total. The molecule has 0 aliphatic heterocycles. The number of rotatable bonds is 7. The Kier molecular flexibility index (Phi) is 5.97. The van der Waals surface area contributed by atoms with Gasteiger partial charge < -0.3 is 19.3 Å². The van der Waals surface area contributed by atoms with Crippen molar-refractivity contribution < 1.29 is 37.3 Å². The van der Waals surface area contributed by atoms with Crippen LogP contribution in [-0.2, 0) is 11.4 Å². The van der Waals surface area contributed by atoms with Crippen LogP contribution in [0, 0.1) is 0 Å². The lowest BCUT2D eigenvalue weighted by molar-refractivity contribution is -0.274. The summed E-state index contributed by atoms with van der Waals surface area (Å²) in [6.45, 7) is 1.57. The molecule has 2 rings (SSSR count). The number of carboxylic acids is 1. The highest BCUT2D eigenvalue weighted by atomic mass is 19.4. The SMILES string of the molecule is COc1ccc(OCc2ccc(OC(F)(F)F)cc2)c(C(C)C(=O)O)c1. The normalized spacial score (nSPS) is 12.3. The van der Waals surface area contributed by atoms with Gasteiger partial charge in [0.2, 0.25) is 0 Å². The van der Waals surface area contributed by atoms with Gasteiger partial charge in [-0.2, -0.15) is 0 Å². The van der Waals surface area contributed by atoms with Crippen LogP contribution < -0.4 is 14.2 Å². The smallest absolute Gasteiger partial charge is 0.497 e. The number of methoxy groups -OCH3 is 1. The Hall–Kier alpha value is -2.90. The summed E-state index contributed by atoms with van der Waals surface area (Å²) in [5.74, 6) is -1.31. The minimum atomic E-state index is -4.75. The first-order chi connectivity index (χ1) is 12.2. The summed E-state index contributed by atoms with van der Waals surface area (Å²) >= 11 is 0. The van der Waals surface area contributed by atoms with E-state index < -0.39 is 18.2 Å². The summed E-state index contributed by atoms with van der Waals surface area (Å²) in [5.41, 5.74) is 1.04. The molecule has 0 aliphatic carbocycles. The molecule has 0 bridgehead atoms. The molecule has 8 heteroatoms. The lowest BCUT2D eigenvalue weighted by Crippen LogP contribution is -2.17. The van der Waals surface area contributed by atoms with Gasteiger partial charge in [0.1, 0.15) is 23.9 Å². The Morgan fingerprint density at radius 1 is 1.12 bits per heavy atom. The monoisotopic (exact) mass is 370 g/mol. The minimum Gasteiger partial charge on any atom is -0.497 e. The van der Waals surface area contributed by atoms with Gasteiger partial charge in [-0.15, -0.1) is 13.2 Å². The fraction of sp³-hybridized carbons (Fsp3) is 0.278. The zero-order chi connectivity index (χ0) is 19.3. The lowest BCUT2D eigenvalue weighted by atomic mass is 10.00. The third-order valence-electron chi connectivity index (χ3n) is 3.61. The molecule has 1 unspecified atom stereocenters. The summed E-state index contributed by atoms with van der Waals surface area (Å²) < 4.78 is 51.0. The van der Waals surface area contributed by atoms with E-state index in [9.17, 15) is 23.1 Å². The van der Waals surface area contributed by atoms with E-state index in [-0.39, 0.29) is 12.4 Å². The largest absolute Gasteiger partial charge is 0.573 e. The van der Waals surface area contributed by atoms with Crippen molar-refractivity contribution in [2.75, 3.05) is 7.11 Å². The van der Waals surface area contributed by atoms with Gasteiger partial charge in [-0.05, 0) is 42.8 Å². The van der Waals surface area contributed by atoms with Gasteiger partial charge in [-0.25, -0.2) is 0 Å². The summed E-state index contributed by atoms with van der Waals surface area (Å²) in [6.07, 6.45) is -4.75. The van der Waals surface area contributed by atoms with Gasteiger partial charge in [-0.3, -0.25) is 4.79 Å². The van der Waals surface area contributed by atoms with Crippen LogP contribution in [-0.4, -0.2) is 24.5 Å². The Morgan fingerprint density at radius 2 is 1.73 bits per heavy atom. The zero-order valence-electron chi connectivity index (χ0n) is 14.0. The average molecular weight is 370 g/mol. The molecular weight excluding hydrogens is 353 g/mol. The van der Waals surface area contributed by atoms with Crippen molar-refractivity contribution >= 4 is 5.97 Å². The lowest BCUT2D eigenvalue weighted by Gasteiger charge is -2.16. The second-order valence-corrected chi connectivity index (χ2v) is 5.44. The maximum Gasteiger partial charge on any atom is 0.573 e. The molecule has 0 heterocycles. The first-order valence-corrected chi connectivity index (χ1v) is 7.58. The molecule has 0 saturated carbocycles. The highest BCUT2D eigenvalue weighted by Crippen LogP contribution is 2.31. The van der Waals surface area contributed by atoms with Crippen LogP contribution >= 0.6 is 0 Å². The van der Waals surface area contributed by atoms with Crippen molar-refractivity contribution in [1.29, 1.82) is 0 Å². The quantitative estimate of drug-likeness (QED) is 0.784. The third kappa shape index (κ3) is 5.30. The predicted octanol–water partition coefficient (Wildman–Crippen LogP) is 4.36. The summed E-state index contributed by atoms with van der Waals surface area (Å²) in [7, 11) is 1.47. The van der Waals surface area contributed by atoms with Crippen molar-refractivity contribution in [3.63, 3.8) is 0 Å². The Labute approximate surface area is 147 Å². The number of aliphatic carboxylic acids is 1. The number of ether oxygens (including phenoxy) is 3. The molecule has 1 atom stereocenters. The van der Waals surface area contributed by atoms with E-state index in [2.05, 4.69) is 4.74 Å². The standard InChI is InChI=1S/C18H17F3O5/c1-11(17(22)23)15-9-14(24-2)7-8-16(15)25-10-12-3-5-13(6-4-12)26-18(19,20)21/h3-9,11H,10H2,1-2H3,(H,22,23). The van der Waals surface area contributed by atoms with Gasteiger partial charge in [0.15, 0.2) is 0 Å². The Balaban J connectivity index is 2.12. The van der Waals surface area contributed by atoms with Crippen LogP contribution in [0.25, 0.3) is 0 Å². The molecule has 140 valence electrons. The van der Waals surface area contributed by atoms with E-state index in [0.29, 0.717) is 22.6 Å². The molecule has 0 radical (unpaired) electrons. The van der Waals surface area contributed by atoms with E-state index in [0.717, 1.165) is 0 Å². The number of hydrogen-bond donors (Lipinski definition) is 1. The average Bonchev–Trinajstić information content (AvgIpc) is 2.59. The highest BCUT2D eigenvalue weighted by Gasteiger charge is 2.31.